The molecular formula is C8H11NO6. The van der Waals surface area contributed by atoms with Crippen LogP contribution in [0.5, 0.6) is 0 Å². The fourth-order valence-corrected chi connectivity index (χ4v) is 0.777. The van der Waals surface area contributed by atoms with E-state index in [1.807, 2.05) is 5.32 Å². The third-order valence-corrected chi connectivity index (χ3v) is 1.43. The number of amides is 1. The predicted octanol–water partition coefficient (Wildman–Crippen LogP) is 0.174. The molecule has 0 fully saturated rings. The quantitative estimate of drug-likeness (QED) is 0.547. The summed E-state index contributed by atoms with van der Waals surface area (Å²) in [5.41, 5.74) is 0. The highest BCUT2D eigenvalue weighted by Crippen LogP contribution is 1.98. The molecule has 7 heteroatoms. The molecule has 0 heterocycles. The van der Waals surface area contributed by atoms with Gasteiger partial charge in [-0.25, -0.2) is 9.59 Å². The molecule has 0 aromatic rings. The number of carbonyl (C=O) groups excluding carboxylic acids is 1. The highest BCUT2D eigenvalue weighted by molar-refractivity contribution is 5.80. The molecule has 0 saturated carbocycles. The first-order valence-electron chi connectivity index (χ1n) is 4.00. The number of carboxylic acids is 2. The van der Waals surface area contributed by atoms with Crippen molar-refractivity contribution in [2.24, 2.45) is 0 Å². The van der Waals surface area contributed by atoms with Crippen molar-refractivity contribution in [3.05, 3.63) is 12.8 Å². The van der Waals surface area contributed by atoms with Gasteiger partial charge in [0.05, 0.1) is 6.26 Å². The molecule has 0 unspecified atom stereocenters. The van der Waals surface area contributed by atoms with Crippen LogP contribution < -0.4 is 5.32 Å². The third kappa shape index (κ3) is 6.08. The Labute approximate surface area is 85.3 Å². The molecule has 0 aromatic heterocycles. The Balaban J connectivity index is 4.15. The minimum atomic E-state index is -1.32. The van der Waals surface area contributed by atoms with E-state index in [1.54, 1.807) is 0 Å². The Hall–Kier alpha value is -2.05. The molecule has 1 amide bonds. The van der Waals surface area contributed by atoms with Crippen LogP contribution in [0.4, 0.5) is 4.79 Å². The molecule has 0 radical (unpaired) electrons. The maximum absolute atomic E-state index is 10.8. The normalized spacial score (nSPS) is 11.2. The Morgan fingerprint density at radius 2 is 2.00 bits per heavy atom. The van der Waals surface area contributed by atoms with Crippen LogP contribution in [0.25, 0.3) is 0 Å². The van der Waals surface area contributed by atoms with Gasteiger partial charge in [0.15, 0.2) is 0 Å². The lowest BCUT2D eigenvalue weighted by molar-refractivity contribution is -0.140. The molecule has 0 spiro atoms. The van der Waals surface area contributed by atoms with Crippen LogP contribution in [0.1, 0.15) is 12.8 Å². The maximum Gasteiger partial charge on any atom is 0.412 e. The van der Waals surface area contributed by atoms with Gasteiger partial charge in [0.2, 0.25) is 0 Å². The van der Waals surface area contributed by atoms with Crippen molar-refractivity contribution in [3.8, 4) is 0 Å². The molecule has 84 valence electrons. The zero-order valence-electron chi connectivity index (χ0n) is 7.80. The monoisotopic (exact) mass is 217 g/mol. The predicted molar refractivity (Wildman–Crippen MR) is 48.1 cm³/mol. The van der Waals surface area contributed by atoms with E-state index >= 15 is 0 Å². The summed E-state index contributed by atoms with van der Waals surface area (Å²) in [6, 6.07) is -1.28. The second-order valence-electron chi connectivity index (χ2n) is 2.54. The number of hydrogen-bond donors (Lipinski definition) is 3. The van der Waals surface area contributed by atoms with E-state index < -0.39 is 24.1 Å². The van der Waals surface area contributed by atoms with Gasteiger partial charge in [0.1, 0.15) is 6.04 Å². The maximum atomic E-state index is 10.8. The van der Waals surface area contributed by atoms with Crippen LogP contribution in [0.15, 0.2) is 12.8 Å². The van der Waals surface area contributed by atoms with Gasteiger partial charge >= 0.3 is 18.0 Å². The molecule has 3 N–H and O–H groups in total. The van der Waals surface area contributed by atoms with Crippen LogP contribution in [-0.4, -0.2) is 34.3 Å². The lowest BCUT2D eigenvalue weighted by Crippen LogP contribution is -2.40. The summed E-state index contributed by atoms with van der Waals surface area (Å²) in [5.74, 6) is -2.46. The Bertz CT molecular complexity index is 274. The number of aliphatic carboxylic acids is 2. The fourth-order valence-electron chi connectivity index (χ4n) is 0.777. The SMILES string of the molecule is C=COC(=O)N[C@@H](CCC(=O)O)C(=O)O. The van der Waals surface area contributed by atoms with Gasteiger partial charge in [-0.15, -0.1) is 0 Å². The summed E-state index contributed by atoms with van der Waals surface area (Å²) in [6.45, 7) is 3.10. The lowest BCUT2D eigenvalue weighted by Gasteiger charge is -2.11. The molecule has 0 rings (SSSR count). The number of carboxylic acid groups (broad SMARTS) is 2. The zero-order chi connectivity index (χ0) is 11.8. The summed E-state index contributed by atoms with van der Waals surface area (Å²) >= 11 is 0. The van der Waals surface area contributed by atoms with Gasteiger partial charge in [0.25, 0.3) is 0 Å². The summed E-state index contributed by atoms with van der Waals surface area (Å²) in [6.07, 6.45) is -0.712. The van der Waals surface area contributed by atoms with Gasteiger partial charge in [-0.05, 0) is 6.42 Å². The van der Waals surface area contributed by atoms with Crippen LogP contribution in [0.2, 0.25) is 0 Å². The molecule has 1 atom stereocenters. The van der Waals surface area contributed by atoms with Crippen molar-refractivity contribution >= 4 is 18.0 Å². The molecule has 7 nitrogen and oxygen atoms in total. The molecule has 15 heavy (non-hydrogen) atoms. The number of nitrogens with one attached hydrogen (secondary N) is 1. The van der Waals surface area contributed by atoms with Gasteiger partial charge < -0.3 is 20.3 Å². The fraction of sp³-hybridized carbons (Fsp3) is 0.375. The topological polar surface area (TPSA) is 113 Å². The minimum Gasteiger partial charge on any atom is -0.481 e. The molecule has 0 bridgehead atoms. The van der Waals surface area contributed by atoms with Crippen LogP contribution in [0, 0.1) is 0 Å². The Kier molecular flexibility index (Phi) is 5.53. The lowest BCUT2D eigenvalue weighted by atomic mass is 10.1. The average Bonchev–Trinajstić information content (AvgIpc) is 2.11. The molecule has 0 aliphatic rings. The standard InChI is InChI=1S/C8H11NO6/c1-2-15-8(14)9-5(7(12)13)3-4-6(10)11/h2,5H,1,3-4H2,(H,9,14)(H,10,11)(H,12,13)/t5-/m0/s1. The smallest absolute Gasteiger partial charge is 0.412 e. The van der Waals surface area contributed by atoms with Crippen LogP contribution in [-0.2, 0) is 14.3 Å². The number of carbonyl (C=O) groups is 3. The highest BCUT2D eigenvalue weighted by atomic mass is 16.5. The highest BCUT2D eigenvalue weighted by Gasteiger charge is 2.21. The van der Waals surface area contributed by atoms with Gasteiger partial charge in [0, 0.05) is 6.42 Å². The second kappa shape index (κ2) is 6.41. The first-order chi connectivity index (χ1) is 6.97. The van der Waals surface area contributed by atoms with Crippen LogP contribution >= 0.6 is 0 Å². The van der Waals surface area contributed by atoms with E-state index in [0.29, 0.717) is 0 Å². The summed E-state index contributed by atoms with van der Waals surface area (Å²) in [7, 11) is 0. The van der Waals surface area contributed by atoms with Crippen LogP contribution in [0.3, 0.4) is 0 Å². The Morgan fingerprint density at radius 3 is 2.40 bits per heavy atom. The average molecular weight is 217 g/mol. The largest absolute Gasteiger partial charge is 0.481 e. The van der Waals surface area contributed by atoms with Gasteiger partial charge in [-0.2, -0.15) is 0 Å². The van der Waals surface area contributed by atoms with Crippen molar-refractivity contribution in [2.45, 2.75) is 18.9 Å². The molecule has 0 aliphatic carbocycles. The first-order valence-corrected chi connectivity index (χ1v) is 4.00. The molecular weight excluding hydrogens is 206 g/mol. The molecule has 0 aromatic carbocycles. The number of ether oxygens (including phenoxy) is 1. The number of alkyl carbamates (subject to hydrolysis) is 1. The summed E-state index contributed by atoms with van der Waals surface area (Å²) in [5, 5.41) is 18.9. The van der Waals surface area contributed by atoms with Crippen molar-refractivity contribution in [3.63, 3.8) is 0 Å². The first kappa shape index (κ1) is 12.9. The van der Waals surface area contributed by atoms with Gasteiger partial charge in [-0.3, -0.25) is 4.79 Å². The minimum absolute atomic E-state index is 0.211. The molecule has 0 saturated heterocycles. The van der Waals surface area contributed by atoms with E-state index in [-0.39, 0.29) is 12.8 Å². The van der Waals surface area contributed by atoms with Crippen molar-refractivity contribution < 1.29 is 29.3 Å². The van der Waals surface area contributed by atoms with E-state index in [9.17, 15) is 14.4 Å². The number of rotatable bonds is 6. The van der Waals surface area contributed by atoms with E-state index in [2.05, 4.69) is 11.3 Å². The van der Waals surface area contributed by atoms with E-state index in [4.69, 9.17) is 10.2 Å². The van der Waals surface area contributed by atoms with Gasteiger partial charge in [-0.1, -0.05) is 6.58 Å². The van der Waals surface area contributed by atoms with E-state index in [0.717, 1.165) is 6.26 Å². The third-order valence-electron chi connectivity index (χ3n) is 1.43. The van der Waals surface area contributed by atoms with E-state index in [1.165, 1.54) is 0 Å². The van der Waals surface area contributed by atoms with Crippen molar-refractivity contribution in [1.82, 2.24) is 5.32 Å². The molecule has 0 aliphatic heterocycles. The summed E-state index contributed by atoms with van der Waals surface area (Å²) < 4.78 is 4.23. The zero-order valence-corrected chi connectivity index (χ0v) is 7.80. The van der Waals surface area contributed by atoms with Crippen molar-refractivity contribution in [2.75, 3.05) is 0 Å². The number of hydrogen-bond acceptors (Lipinski definition) is 4. The van der Waals surface area contributed by atoms with Crippen molar-refractivity contribution in [1.29, 1.82) is 0 Å². The summed E-state index contributed by atoms with van der Waals surface area (Å²) in [4.78, 5) is 31.5. The second-order valence-corrected chi connectivity index (χ2v) is 2.54. The Morgan fingerprint density at radius 1 is 1.40 bits per heavy atom.